The Hall–Kier alpha value is -1.83. The van der Waals surface area contributed by atoms with E-state index < -0.39 is 0 Å². The van der Waals surface area contributed by atoms with Gasteiger partial charge in [0.15, 0.2) is 11.5 Å². The zero-order chi connectivity index (χ0) is 24.0. The van der Waals surface area contributed by atoms with E-state index >= 15 is 0 Å². The first-order valence-corrected chi connectivity index (χ1v) is 13.9. The highest BCUT2D eigenvalue weighted by Crippen LogP contribution is 2.42. The maximum Gasteiger partial charge on any atom is 0.234 e. The van der Waals surface area contributed by atoms with E-state index in [2.05, 4.69) is 39.2 Å². The van der Waals surface area contributed by atoms with Crippen molar-refractivity contribution in [3.8, 4) is 11.5 Å². The van der Waals surface area contributed by atoms with Gasteiger partial charge in [-0.15, -0.1) is 0 Å². The van der Waals surface area contributed by atoms with Crippen molar-refractivity contribution in [2.45, 2.75) is 50.9 Å². The maximum atomic E-state index is 12.4. The number of benzene rings is 1. The summed E-state index contributed by atoms with van der Waals surface area (Å²) in [5.74, 6) is 4.21. The van der Waals surface area contributed by atoms with Gasteiger partial charge in [0, 0.05) is 38.3 Å². The van der Waals surface area contributed by atoms with E-state index in [9.17, 15) is 4.79 Å². The molecular formula is C28H44N4O3. The monoisotopic (exact) mass is 484 g/mol. The number of piperazine rings is 1. The molecule has 1 N–H and O–H groups in total. The van der Waals surface area contributed by atoms with E-state index in [1.54, 1.807) is 0 Å². The summed E-state index contributed by atoms with van der Waals surface area (Å²) in [6.45, 7) is 9.52. The predicted molar refractivity (Wildman–Crippen MR) is 138 cm³/mol. The second-order valence-electron chi connectivity index (χ2n) is 11.3. The first-order valence-electron chi connectivity index (χ1n) is 13.9. The van der Waals surface area contributed by atoms with Crippen molar-refractivity contribution in [2.75, 3.05) is 72.7 Å². The Labute approximate surface area is 211 Å². The molecule has 35 heavy (non-hydrogen) atoms. The van der Waals surface area contributed by atoms with E-state index in [0.717, 1.165) is 50.1 Å². The van der Waals surface area contributed by atoms with Crippen molar-refractivity contribution >= 4 is 5.91 Å². The molecule has 0 spiro atoms. The number of piperidine rings is 1. The smallest absolute Gasteiger partial charge is 0.234 e. The minimum Gasteiger partial charge on any atom is -0.454 e. The van der Waals surface area contributed by atoms with Crippen LogP contribution in [0, 0.1) is 11.8 Å². The highest BCUT2D eigenvalue weighted by Gasteiger charge is 2.28. The van der Waals surface area contributed by atoms with Crippen LogP contribution in [-0.4, -0.2) is 93.4 Å². The topological polar surface area (TPSA) is 57.3 Å². The minimum atomic E-state index is 0.208. The van der Waals surface area contributed by atoms with Crippen molar-refractivity contribution < 1.29 is 14.3 Å². The largest absolute Gasteiger partial charge is 0.454 e. The normalized spacial score (nSPS) is 26.7. The van der Waals surface area contributed by atoms with Crippen LogP contribution in [0.5, 0.6) is 11.5 Å². The SMILES string of the molecule is CN1CCN(CC(=O)NCC2CCC(CCN3CCC(c4cccc5c4OCO5)CC3)CC2)CC1. The van der Waals surface area contributed by atoms with Gasteiger partial charge in [0.05, 0.1) is 6.54 Å². The number of para-hydroxylation sites is 1. The van der Waals surface area contributed by atoms with Gasteiger partial charge in [-0.3, -0.25) is 9.69 Å². The molecule has 1 aliphatic carbocycles. The molecule has 1 amide bonds. The molecule has 0 unspecified atom stereocenters. The standard InChI is InChI=1S/C28H44N4O3/c1-30-15-17-32(18-16-30)20-27(33)29-19-23-7-5-22(6-8-23)9-12-31-13-10-24(11-14-31)25-3-2-4-26-28(25)35-21-34-26/h2-4,22-24H,5-21H2,1H3,(H,29,33). The van der Waals surface area contributed by atoms with Crippen LogP contribution in [0.25, 0.3) is 0 Å². The van der Waals surface area contributed by atoms with Crippen LogP contribution in [-0.2, 0) is 4.79 Å². The quantitative estimate of drug-likeness (QED) is 0.612. The summed E-state index contributed by atoms with van der Waals surface area (Å²) in [6, 6.07) is 6.34. The summed E-state index contributed by atoms with van der Waals surface area (Å²) in [7, 11) is 2.15. The second-order valence-corrected chi connectivity index (χ2v) is 11.3. The van der Waals surface area contributed by atoms with Crippen molar-refractivity contribution in [1.29, 1.82) is 0 Å². The van der Waals surface area contributed by atoms with Crippen LogP contribution in [0.1, 0.15) is 56.4 Å². The van der Waals surface area contributed by atoms with Crippen molar-refractivity contribution in [1.82, 2.24) is 20.0 Å². The first-order chi connectivity index (χ1) is 17.1. The number of hydrogen-bond donors (Lipinski definition) is 1. The van der Waals surface area contributed by atoms with Crippen molar-refractivity contribution in [3.05, 3.63) is 23.8 Å². The molecule has 1 aromatic carbocycles. The number of rotatable bonds is 8. The number of hydrogen-bond acceptors (Lipinski definition) is 6. The van der Waals surface area contributed by atoms with Crippen LogP contribution in [0.3, 0.4) is 0 Å². The molecule has 3 aliphatic heterocycles. The highest BCUT2D eigenvalue weighted by molar-refractivity contribution is 5.78. The number of nitrogens with zero attached hydrogens (tertiary/aromatic N) is 3. The van der Waals surface area contributed by atoms with Crippen molar-refractivity contribution in [2.24, 2.45) is 11.8 Å². The van der Waals surface area contributed by atoms with Gasteiger partial charge >= 0.3 is 0 Å². The molecule has 7 nitrogen and oxygen atoms in total. The molecule has 7 heteroatoms. The first kappa shape index (κ1) is 24.8. The van der Waals surface area contributed by atoms with Crippen LogP contribution >= 0.6 is 0 Å². The van der Waals surface area contributed by atoms with Crippen LogP contribution in [0.2, 0.25) is 0 Å². The van der Waals surface area contributed by atoms with Gasteiger partial charge in [-0.25, -0.2) is 0 Å². The number of ether oxygens (including phenoxy) is 2. The zero-order valence-corrected chi connectivity index (χ0v) is 21.6. The average Bonchev–Trinajstić information content (AvgIpc) is 3.38. The zero-order valence-electron chi connectivity index (χ0n) is 21.6. The Bertz CT molecular complexity index is 825. The Kier molecular flexibility index (Phi) is 8.47. The van der Waals surface area contributed by atoms with Gasteiger partial charge in [-0.1, -0.05) is 25.0 Å². The van der Waals surface area contributed by atoms with E-state index in [-0.39, 0.29) is 5.91 Å². The summed E-state index contributed by atoms with van der Waals surface area (Å²) >= 11 is 0. The van der Waals surface area contributed by atoms with Crippen LogP contribution < -0.4 is 14.8 Å². The van der Waals surface area contributed by atoms with E-state index in [0.29, 0.717) is 25.2 Å². The fourth-order valence-corrected chi connectivity index (χ4v) is 6.35. The molecule has 0 radical (unpaired) electrons. The maximum absolute atomic E-state index is 12.4. The molecule has 0 atom stereocenters. The van der Waals surface area contributed by atoms with Gasteiger partial charge in [0.1, 0.15) is 0 Å². The predicted octanol–water partition coefficient (Wildman–Crippen LogP) is 3.15. The van der Waals surface area contributed by atoms with Gasteiger partial charge < -0.3 is 24.6 Å². The van der Waals surface area contributed by atoms with E-state index in [1.807, 2.05) is 6.07 Å². The van der Waals surface area contributed by atoms with Gasteiger partial charge in [0.25, 0.3) is 0 Å². The summed E-state index contributed by atoms with van der Waals surface area (Å²) < 4.78 is 11.3. The fourth-order valence-electron chi connectivity index (χ4n) is 6.35. The average molecular weight is 485 g/mol. The number of carbonyl (C=O) groups excluding carboxylic acids is 1. The molecule has 2 saturated heterocycles. The third-order valence-electron chi connectivity index (χ3n) is 8.83. The Morgan fingerprint density at radius 3 is 2.43 bits per heavy atom. The molecule has 3 heterocycles. The molecule has 4 aliphatic rings. The molecule has 3 fully saturated rings. The van der Waals surface area contributed by atoms with Crippen LogP contribution in [0.4, 0.5) is 0 Å². The number of amides is 1. The Morgan fingerprint density at radius 2 is 1.66 bits per heavy atom. The van der Waals surface area contributed by atoms with Gasteiger partial charge in [0.2, 0.25) is 12.7 Å². The lowest BCUT2D eigenvalue weighted by molar-refractivity contribution is -0.122. The summed E-state index contributed by atoms with van der Waals surface area (Å²) in [5, 5.41) is 3.22. The molecule has 0 bridgehead atoms. The fraction of sp³-hybridized carbons (Fsp3) is 0.750. The van der Waals surface area contributed by atoms with Crippen molar-refractivity contribution in [3.63, 3.8) is 0 Å². The van der Waals surface area contributed by atoms with Crippen LogP contribution in [0.15, 0.2) is 18.2 Å². The molecule has 1 saturated carbocycles. The molecule has 5 rings (SSSR count). The number of likely N-dealkylation sites (tertiary alicyclic amines) is 1. The number of carbonyl (C=O) groups is 1. The second kappa shape index (κ2) is 11.9. The minimum absolute atomic E-state index is 0.208. The van der Waals surface area contributed by atoms with Gasteiger partial charge in [-0.2, -0.15) is 0 Å². The lowest BCUT2D eigenvalue weighted by Crippen LogP contribution is -2.48. The lowest BCUT2D eigenvalue weighted by atomic mass is 9.80. The van der Waals surface area contributed by atoms with Gasteiger partial charge in [-0.05, 0) is 82.6 Å². The lowest BCUT2D eigenvalue weighted by Gasteiger charge is -2.35. The number of likely N-dealkylation sites (N-methyl/N-ethyl adjacent to an activating group) is 1. The Morgan fingerprint density at radius 1 is 0.914 bits per heavy atom. The molecular weight excluding hydrogens is 440 g/mol. The third kappa shape index (κ3) is 6.69. The summed E-state index contributed by atoms with van der Waals surface area (Å²) in [6.07, 6.45) is 8.92. The van der Waals surface area contributed by atoms with E-state index in [4.69, 9.17) is 9.47 Å². The molecule has 0 aromatic heterocycles. The summed E-state index contributed by atoms with van der Waals surface area (Å²) in [5.41, 5.74) is 1.34. The molecule has 194 valence electrons. The van der Waals surface area contributed by atoms with E-state index in [1.165, 1.54) is 70.1 Å². The number of fused-ring (bicyclic) bond motifs is 1. The number of nitrogens with one attached hydrogen (secondary N) is 1. The Balaban J connectivity index is 0.948. The highest BCUT2D eigenvalue weighted by atomic mass is 16.7. The third-order valence-corrected chi connectivity index (χ3v) is 8.83. The molecule has 1 aromatic rings. The summed E-state index contributed by atoms with van der Waals surface area (Å²) in [4.78, 5) is 19.6.